The van der Waals surface area contributed by atoms with E-state index in [0.717, 1.165) is 29.5 Å². The lowest BCUT2D eigenvalue weighted by Gasteiger charge is -2.38. The summed E-state index contributed by atoms with van der Waals surface area (Å²) in [5.41, 5.74) is 0.720. The molecular weight excluding hydrogens is 382 g/mol. The summed E-state index contributed by atoms with van der Waals surface area (Å²) in [4.78, 5) is 48.5. The third-order valence-corrected chi connectivity index (χ3v) is 4.10. The second-order valence-electron chi connectivity index (χ2n) is 6.34. The Kier molecular flexibility index (Phi) is 7.90. The highest BCUT2D eigenvalue weighted by Gasteiger charge is 2.43. The van der Waals surface area contributed by atoms with Crippen LogP contribution in [-0.2, 0) is 35.2 Å². The maximum Gasteiger partial charge on any atom is 0.413 e. The van der Waals surface area contributed by atoms with Gasteiger partial charge >= 0.3 is 18.0 Å². The lowest BCUT2D eigenvalue weighted by molar-refractivity contribution is -0.156. The summed E-state index contributed by atoms with van der Waals surface area (Å²) < 4.78 is 15.3. The smallest absolute Gasteiger partial charge is 0.413 e. The molecule has 1 amide bonds. The molecule has 3 atom stereocenters. The van der Waals surface area contributed by atoms with Crippen LogP contribution < -0.4 is 0 Å². The lowest BCUT2D eigenvalue weighted by Crippen LogP contribution is -2.58. The number of aliphatic hydroxyl groups excluding tert-OH is 1. The number of esters is 2. The molecule has 9 heteroatoms. The Morgan fingerprint density at radius 3 is 2.41 bits per heavy atom. The normalized spacial score (nSPS) is 19.4. The monoisotopic (exact) mass is 405 g/mol. The van der Waals surface area contributed by atoms with Crippen molar-refractivity contribution in [2.24, 2.45) is 0 Å². The predicted molar refractivity (Wildman–Crippen MR) is 99.2 cm³/mol. The number of hydrogen-bond donors (Lipinski definition) is 1. The Labute approximate surface area is 167 Å². The van der Waals surface area contributed by atoms with Gasteiger partial charge in [-0.2, -0.15) is 0 Å². The predicted octanol–water partition coefficient (Wildman–Crippen LogP) is 1.34. The van der Waals surface area contributed by atoms with Crippen molar-refractivity contribution in [3.8, 4) is 0 Å². The molecule has 1 unspecified atom stereocenters. The van der Waals surface area contributed by atoms with Crippen LogP contribution in [-0.4, -0.2) is 58.8 Å². The zero-order valence-electron chi connectivity index (χ0n) is 16.1. The number of nitrogens with zero attached hydrogens (tertiary/aromatic N) is 1. The van der Waals surface area contributed by atoms with Crippen molar-refractivity contribution in [3.05, 3.63) is 48.0 Å². The highest BCUT2D eigenvalue weighted by Crippen LogP contribution is 2.22. The van der Waals surface area contributed by atoms with Gasteiger partial charge in [0.15, 0.2) is 12.0 Å². The maximum atomic E-state index is 12.6. The number of carbonyl (C=O) groups is 4. The number of benzene rings is 1. The number of carbonyl (C=O) groups excluding carboxylic acids is 4. The summed E-state index contributed by atoms with van der Waals surface area (Å²) in [6.45, 7) is 2.16. The zero-order chi connectivity index (χ0) is 21.4. The van der Waals surface area contributed by atoms with Gasteiger partial charge in [-0.25, -0.2) is 4.79 Å². The first kappa shape index (κ1) is 22.1. The number of rotatable bonds is 7. The van der Waals surface area contributed by atoms with Crippen molar-refractivity contribution < 1.29 is 38.5 Å². The molecule has 0 saturated carbocycles. The molecule has 2 rings (SSSR count). The van der Waals surface area contributed by atoms with Gasteiger partial charge in [-0.05, 0) is 17.7 Å². The average Bonchev–Trinajstić information content (AvgIpc) is 2.67. The van der Waals surface area contributed by atoms with Gasteiger partial charge in [0.25, 0.3) is 0 Å². The fourth-order valence-electron chi connectivity index (χ4n) is 2.86. The Hall–Kier alpha value is -3.20. The van der Waals surface area contributed by atoms with Crippen molar-refractivity contribution in [2.45, 2.75) is 45.2 Å². The minimum absolute atomic E-state index is 0.0431. The van der Waals surface area contributed by atoms with E-state index in [1.807, 2.05) is 6.07 Å². The fraction of sp³-hybridized carbons (Fsp3) is 0.400. The van der Waals surface area contributed by atoms with Crippen LogP contribution in [0.25, 0.3) is 0 Å². The van der Waals surface area contributed by atoms with Gasteiger partial charge in [-0.15, -0.1) is 0 Å². The number of ether oxygens (including phenoxy) is 3. The summed E-state index contributed by atoms with van der Waals surface area (Å²) in [5, 5.41) is 10.3. The highest BCUT2D eigenvalue weighted by atomic mass is 16.6. The zero-order valence-corrected chi connectivity index (χ0v) is 16.1. The van der Waals surface area contributed by atoms with E-state index in [1.165, 1.54) is 6.92 Å². The molecule has 0 fully saturated rings. The van der Waals surface area contributed by atoms with E-state index in [9.17, 15) is 24.3 Å². The number of aliphatic hydroxyl groups is 1. The first-order chi connectivity index (χ1) is 13.8. The van der Waals surface area contributed by atoms with Crippen LogP contribution in [0.3, 0.4) is 0 Å². The SMILES string of the molecule is CC(=O)OCC[C@H](OC(C)=O)[C@@H]1C(=O)C=CC(O)N1C(=O)OCc1ccccc1. The van der Waals surface area contributed by atoms with Crippen molar-refractivity contribution in [3.63, 3.8) is 0 Å². The van der Waals surface area contributed by atoms with Crippen LogP contribution in [0.5, 0.6) is 0 Å². The molecule has 0 saturated heterocycles. The quantitative estimate of drug-likeness (QED) is 0.533. The summed E-state index contributed by atoms with van der Waals surface area (Å²) >= 11 is 0. The molecule has 1 N–H and O–H groups in total. The summed E-state index contributed by atoms with van der Waals surface area (Å²) in [5.74, 6) is -1.78. The molecule has 1 aromatic rings. The standard InChI is InChI=1S/C20H23NO8/c1-13(22)27-11-10-17(29-14(2)23)19-16(24)8-9-18(25)21(19)20(26)28-12-15-6-4-3-5-7-15/h3-9,17-19,25H,10-12H2,1-2H3/t17-,18?,19-/m0/s1. The fourth-order valence-corrected chi connectivity index (χ4v) is 2.86. The summed E-state index contributed by atoms with van der Waals surface area (Å²) in [7, 11) is 0. The maximum absolute atomic E-state index is 12.6. The second-order valence-corrected chi connectivity index (χ2v) is 6.34. The topological polar surface area (TPSA) is 119 Å². The number of amides is 1. The van der Waals surface area contributed by atoms with Crippen molar-refractivity contribution in [2.75, 3.05) is 6.61 Å². The van der Waals surface area contributed by atoms with Crippen LogP contribution in [0.15, 0.2) is 42.5 Å². The minimum Gasteiger partial charge on any atom is -0.466 e. The molecule has 0 spiro atoms. The third kappa shape index (κ3) is 6.42. The van der Waals surface area contributed by atoms with E-state index in [4.69, 9.17) is 14.2 Å². The van der Waals surface area contributed by atoms with E-state index in [0.29, 0.717) is 0 Å². The molecule has 156 valence electrons. The van der Waals surface area contributed by atoms with Crippen LogP contribution in [0, 0.1) is 0 Å². The van der Waals surface area contributed by atoms with Gasteiger partial charge in [0, 0.05) is 20.3 Å². The van der Waals surface area contributed by atoms with Crippen LogP contribution >= 0.6 is 0 Å². The van der Waals surface area contributed by atoms with Crippen LogP contribution in [0.4, 0.5) is 4.79 Å². The first-order valence-electron chi connectivity index (χ1n) is 8.99. The molecular formula is C20H23NO8. The van der Waals surface area contributed by atoms with E-state index in [1.54, 1.807) is 24.3 Å². The molecule has 0 aliphatic carbocycles. The molecule has 0 aromatic heterocycles. The second kappa shape index (κ2) is 10.4. The molecule has 0 bridgehead atoms. The van der Waals surface area contributed by atoms with Gasteiger partial charge in [-0.3, -0.25) is 19.3 Å². The van der Waals surface area contributed by atoms with E-state index in [-0.39, 0.29) is 19.6 Å². The van der Waals surface area contributed by atoms with Gasteiger partial charge in [0.1, 0.15) is 18.8 Å². The Bertz CT molecular complexity index is 776. The molecule has 0 radical (unpaired) electrons. The van der Waals surface area contributed by atoms with E-state index in [2.05, 4.69) is 0 Å². The van der Waals surface area contributed by atoms with Gasteiger partial charge in [0.2, 0.25) is 0 Å². The highest BCUT2D eigenvalue weighted by molar-refractivity contribution is 5.98. The van der Waals surface area contributed by atoms with Gasteiger partial charge in [0.05, 0.1) is 6.61 Å². The Morgan fingerprint density at radius 1 is 1.10 bits per heavy atom. The van der Waals surface area contributed by atoms with Crippen LogP contribution in [0.2, 0.25) is 0 Å². The van der Waals surface area contributed by atoms with E-state index < -0.39 is 42.2 Å². The number of ketones is 1. The number of hydrogen-bond acceptors (Lipinski definition) is 8. The van der Waals surface area contributed by atoms with Crippen molar-refractivity contribution >= 4 is 23.8 Å². The van der Waals surface area contributed by atoms with Gasteiger partial charge < -0.3 is 19.3 Å². The lowest BCUT2D eigenvalue weighted by atomic mass is 9.98. The van der Waals surface area contributed by atoms with Crippen molar-refractivity contribution in [1.82, 2.24) is 4.90 Å². The average molecular weight is 405 g/mol. The van der Waals surface area contributed by atoms with Crippen LogP contribution in [0.1, 0.15) is 25.8 Å². The molecule has 1 aliphatic heterocycles. The Morgan fingerprint density at radius 2 is 1.79 bits per heavy atom. The van der Waals surface area contributed by atoms with Gasteiger partial charge in [-0.1, -0.05) is 30.3 Å². The third-order valence-electron chi connectivity index (χ3n) is 4.10. The largest absolute Gasteiger partial charge is 0.466 e. The summed E-state index contributed by atoms with van der Waals surface area (Å²) in [6, 6.07) is 7.55. The molecule has 1 heterocycles. The van der Waals surface area contributed by atoms with E-state index >= 15 is 0 Å². The van der Waals surface area contributed by atoms with Crippen molar-refractivity contribution in [1.29, 1.82) is 0 Å². The molecule has 1 aromatic carbocycles. The molecule has 9 nitrogen and oxygen atoms in total. The summed E-state index contributed by atoms with van der Waals surface area (Å²) in [6.07, 6.45) is -1.33. The Balaban J connectivity index is 2.19. The first-order valence-corrected chi connectivity index (χ1v) is 8.99. The molecule has 29 heavy (non-hydrogen) atoms. The molecule has 1 aliphatic rings. The minimum atomic E-state index is -1.45.